The van der Waals surface area contributed by atoms with Crippen LogP contribution in [-0.4, -0.2) is 30.2 Å². The normalized spacial score (nSPS) is 23.8. The molecule has 0 radical (unpaired) electrons. The third-order valence-corrected chi connectivity index (χ3v) is 10.9. The van der Waals surface area contributed by atoms with Crippen molar-refractivity contribution in [2.24, 2.45) is 11.8 Å². The number of rotatable bonds is 7. The molecule has 8 heteroatoms. The molecule has 5 aromatic carbocycles. The molecule has 4 atom stereocenters. The minimum absolute atomic E-state index is 0.209. The van der Waals surface area contributed by atoms with Crippen LogP contribution in [0.1, 0.15) is 39.5 Å². The maximum absolute atomic E-state index is 16.0. The van der Waals surface area contributed by atoms with E-state index in [2.05, 4.69) is 0 Å². The first-order chi connectivity index (χ1) is 24.3. The average Bonchev–Trinajstić information content (AvgIpc) is 3.65. The van der Waals surface area contributed by atoms with Gasteiger partial charge in [-0.2, -0.15) is 0 Å². The second-order valence-electron chi connectivity index (χ2n) is 12.7. The molecule has 2 amide bonds. The number of fused-ring (bicyclic) bond motifs is 5. The molecule has 3 aliphatic rings. The van der Waals surface area contributed by atoms with Crippen LogP contribution in [0.2, 0.25) is 10.0 Å². The topological polar surface area (TPSA) is 80.8 Å². The highest BCUT2D eigenvalue weighted by Crippen LogP contribution is 2.74. The molecule has 0 N–H and O–H groups in total. The zero-order chi connectivity index (χ0) is 34.8. The quantitative estimate of drug-likeness (QED) is 0.126. The Kier molecular flexibility index (Phi) is 7.62. The van der Waals surface area contributed by atoms with Gasteiger partial charge in [0.05, 0.1) is 40.5 Å². The number of anilines is 1. The summed E-state index contributed by atoms with van der Waals surface area (Å²) in [7, 11) is 0. The summed E-state index contributed by atoms with van der Waals surface area (Å²) in [5.74, 6) is -3.96. The Balaban J connectivity index is 1.47. The lowest BCUT2D eigenvalue weighted by Crippen LogP contribution is -2.45. The van der Waals surface area contributed by atoms with Crippen molar-refractivity contribution in [2.75, 3.05) is 11.5 Å². The van der Waals surface area contributed by atoms with E-state index in [-0.39, 0.29) is 12.4 Å². The zero-order valence-electron chi connectivity index (χ0n) is 26.8. The van der Waals surface area contributed by atoms with Crippen molar-refractivity contribution in [3.63, 3.8) is 0 Å². The number of halogens is 2. The van der Waals surface area contributed by atoms with Crippen LogP contribution in [0.25, 0.3) is 11.1 Å². The SMILES string of the molecule is CCOC(=O)c1ccc(N2C(=O)[C@@H]3[C@@H](C2=O)[C@@]2(c4ccc(Cl)cc4)C(=O)[C@@]3(c3ccc(Cl)cc3)C(c3ccccc3)=C2c2ccccc2)cc1. The van der Waals surface area contributed by atoms with E-state index >= 15 is 14.4 Å². The highest BCUT2D eigenvalue weighted by Gasteiger charge is 2.82. The summed E-state index contributed by atoms with van der Waals surface area (Å²) in [5.41, 5.74) is 1.46. The van der Waals surface area contributed by atoms with Gasteiger partial charge in [0.25, 0.3) is 0 Å². The Morgan fingerprint density at radius 2 is 1.04 bits per heavy atom. The molecular weight excluding hydrogens is 669 g/mol. The number of imide groups is 1. The van der Waals surface area contributed by atoms with Gasteiger partial charge in [-0.25, -0.2) is 9.69 Å². The van der Waals surface area contributed by atoms with Gasteiger partial charge < -0.3 is 4.74 Å². The fourth-order valence-corrected chi connectivity index (χ4v) is 8.82. The fraction of sp³-hybridized carbons (Fsp3) is 0.143. The second kappa shape index (κ2) is 11.9. The van der Waals surface area contributed by atoms with Gasteiger partial charge in [-0.15, -0.1) is 0 Å². The summed E-state index contributed by atoms with van der Waals surface area (Å²) in [4.78, 5) is 59.9. The van der Waals surface area contributed by atoms with E-state index in [1.54, 1.807) is 67.6 Å². The van der Waals surface area contributed by atoms with Gasteiger partial charge in [0.1, 0.15) is 0 Å². The molecule has 1 aliphatic heterocycles. The molecule has 0 aromatic heterocycles. The van der Waals surface area contributed by atoms with Crippen LogP contribution >= 0.6 is 23.2 Å². The molecule has 2 bridgehead atoms. The molecule has 1 saturated carbocycles. The van der Waals surface area contributed by atoms with Gasteiger partial charge in [-0.3, -0.25) is 14.4 Å². The van der Waals surface area contributed by atoms with Gasteiger partial charge in [0.2, 0.25) is 11.8 Å². The van der Waals surface area contributed by atoms with E-state index in [0.717, 1.165) is 11.1 Å². The minimum Gasteiger partial charge on any atom is -0.462 e. The fourth-order valence-electron chi connectivity index (χ4n) is 8.57. The third kappa shape index (κ3) is 4.28. The van der Waals surface area contributed by atoms with Crippen LogP contribution in [-0.2, 0) is 30.0 Å². The van der Waals surface area contributed by atoms with Crippen molar-refractivity contribution in [2.45, 2.75) is 17.8 Å². The summed E-state index contributed by atoms with van der Waals surface area (Å²) in [6.07, 6.45) is 0. The number of hydrogen-bond donors (Lipinski definition) is 0. The number of nitrogens with zero attached hydrogens (tertiary/aromatic N) is 1. The van der Waals surface area contributed by atoms with E-state index in [9.17, 15) is 4.79 Å². The van der Waals surface area contributed by atoms with Crippen LogP contribution in [0.5, 0.6) is 0 Å². The molecule has 6 nitrogen and oxygen atoms in total. The van der Waals surface area contributed by atoms with Crippen LogP contribution in [0, 0.1) is 11.8 Å². The van der Waals surface area contributed by atoms with Gasteiger partial charge in [0, 0.05) is 10.0 Å². The zero-order valence-corrected chi connectivity index (χ0v) is 28.3. The van der Waals surface area contributed by atoms with Crippen LogP contribution in [0.3, 0.4) is 0 Å². The highest BCUT2D eigenvalue weighted by atomic mass is 35.5. The average molecular weight is 699 g/mol. The first kappa shape index (κ1) is 31.9. The molecule has 2 aliphatic carbocycles. The van der Waals surface area contributed by atoms with Crippen molar-refractivity contribution in [3.8, 4) is 0 Å². The van der Waals surface area contributed by atoms with Crippen molar-refractivity contribution in [3.05, 3.63) is 171 Å². The maximum atomic E-state index is 16.0. The minimum atomic E-state index is -1.58. The summed E-state index contributed by atoms with van der Waals surface area (Å²) in [5, 5.41) is 0.944. The number of hydrogen-bond acceptors (Lipinski definition) is 5. The van der Waals surface area contributed by atoms with Crippen molar-refractivity contribution in [1.29, 1.82) is 0 Å². The number of benzene rings is 5. The lowest BCUT2D eigenvalue weighted by Gasteiger charge is -2.39. The van der Waals surface area contributed by atoms with Gasteiger partial charge in [-0.1, -0.05) is 108 Å². The predicted molar refractivity (Wildman–Crippen MR) is 193 cm³/mol. The van der Waals surface area contributed by atoms with Crippen molar-refractivity contribution >= 4 is 63.6 Å². The Hall–Kier alpha value is -5.30. The molecule has 50 heavy (non-hydrogen) atoms. The van der Waals surface area contributed by atoms with Crippen molar-refractivity contribution < 1.29 is 23.9 Å². The lowest BCUT2D eigenvalue weighted by atomic mass is 9.59. The standard InChI is InChI=1S/C42H29Cl2NO5/c1-2-50-39(48)27-13-23-32(24-14-27)45-37(46)35-36(38(45)47)42(29-17-21-31(44)22-18-29)34(26-11-7-4-8-12-26)33(25-9-5-3-6-10-25)41(35,40(42)49)28-15-19-30(43)20-16-28/h3-24,35-36H,2H2,1H3/t35-,36-,41-,42-/m0/s1. The summed E-state index contributed by atoms with van der Waals surface area (Å²) in [6.45, 7) is 1.93. The highest BCUT2D eigenvalue weighted by molar-refractivity contribution is 6.39. The third-order valence-electron chi connectivity index (χ3n) is 10.4. The van der Waals surface area contributed by atoms with Crippen LogP contribution < -0.4 is 4.90 Å². The smallest absolute Gasteiger partial charge is 0.338 e. The van der Waals surface area contributed by atoms with E-state index in [1.165, 1.54) is 17.0 Å². The molecule has 246 valence electrons. The van der Waals surface area contributed by atoms with E-state index in [4.69, 9.17) is 27.9 Å². The lowest BCUT2D eigenvalue weighted by molar-refractivity contribution is -0.130. The monoisotopic (exact) mass is 697 g/mol. The number of ether oxygens (including phenoxy) is 1. The number of amides is 2. The largest absolute Gasteiger partial charge is 0.462 e. The second-order valence-corrected chi connectivity index (χ2v) is 13.5. The number of allylic oxidation sites excluding steroid dienone is 2. The van der Waals surface area contributed by atoms with Crippen LogP contribution in [0.4, 0.5) is 5.69 Å². The maximum Gasteiger partial charge on any atom is 0.338 e. The van der Waals surface area contributed by atoms with Gasteiger partial charge >= 0.3 is 5.97 Å². The summed E-state index contributed by atoms with van der Waals surface area (Å²) in [6, 6.07) is 39.5. The first-order valence-electron chi connectivity index (χ1n) is 16.3. The van der Waals surface area contributed by atoms with Gasteiger partial charge in [-0.05, 0) is 88.9 Å². The first-order valence-corrected chi connectivity index (χ1v) is 17.1. The molecule has 0 spiro atoms. The molecule has 0 unspecified atom stereocenters. The predicted octanol–water partition coefficient (Wildman–Crippen LogP) is 8.36. The Morgan fingerprint density at radius 3 is 1.44 bits per heavy atom. The molecule has 5 aromatic rings. The molecule has 1 saturated heterocycles. The number of ketones is 1. The van der Waals surface area contributed by atoms with E-state index in [0.29, 0.717) is 43.6 Å². The number of carbonyl (C=O) groups is 4. The molecule has 2 fully saturated rings. The van der Waals surface area contributed by atoms with Crippen LogP contribution in [0.15, 0.2) is 133 Å². The Labute approximate surface area is 298 Å². The molecule has 8 rings (SSSR count). The molecule has 1 heterocycles. The van der Waals surface area contributed by atoms with E-state index in [1.807, 2.05) is 60.7 Å². The number of esters is 1. The summed E-state index contributed by atoms with van der Waals surface area (Å²) < 4.78 is 5.15. The number of Topliss-reactive ketones (excluding diaryl/α,β-unsaturated/α-hetero) is 1. The molecular formula is C42H29Cl2NO5. The van der Waals surface area contributed by atoms with Gasteiger partial charge in [0.15, 0.2) is 5.78 Å². The Morgan fingerprint density at radius 1 is 0.620 bits per heavy atom. The number of carbonyl (C=O) groups excluding carboxylic acids is 4. The summed E-state index contributed by atoms with van der Waals surface area (Å²) >= 11 is 12.8. The Bertz CT molecular complexity index is 2090. The van der Waals surface area contributed by atoms with E-state index < -0.39 is 40.4 Å². The van der Waals surface area contributed by atoms with Crippen molar-refractivity contribution in [1.82, 2.24) is 0 Å².